The van der Waals surface area contributed by atoms with E-state index in [4.69, 9.17) is 5.11 Å². The van der Waals surface area contributed by atoms with Crippen molar-refractivity contribution in [2.24, 2.45) is 5.92 Å². The smallest absolute Gasteiger partial charge is 0.404 e. The number of phenolic OH excluding ortho intramolecular Hbond substituents is 1. The van der Waals surface area contributed by atoms with Gasteiger partial charge in [0.25, 0.3) is 0 Å². The Morgan fingerprint density at radius 1 is 1.35 bits per heavy atom. The molecular formula is C14H22N2O3S. The maximum absolute atomic E-state index is 10.4. The number of benzene rings is 1. The van der Waals surface area contributed by atoms with Crippen LogP contribution in [0.5, 0.6) is 5.75 Å². The Kier molecular flexibility index (Phi) is 7.25. The summed E-state index contributed by atoms with van der Waals surface area (Å²) >= 11 is 1.63. The Hall–Kier alpha value is -1.40. The van der Waals surface area contributed by atoms with E-state index in [1.165, 1.54) is 0 Å². The lowest BCUT2D eigenvalue weighted by atomic mass is 10.2. The quantitative estimate of drug-likeness (QED) is 0.508. The molecule has 1 aromatic carbocycles. The standard InChI is InChI=1S/C14H22N2O3S/c1-11(2)10-16(9-3-8-15-14(18)19)20-13-6-4-12(17)5-7-13/h4-7,11,15,17H,3,8-10H2,1-2H3,(H,18,19). The largest absolute Gasteiger partial charge is 0.508 e. The molecule has 0 aromatic heterocycles. The first-order valence-corrected chi connectivity index (χ1v) is 7.43. The number of hydrogen-bond donors (Lipinski definition) is 3. The summed E-state index contributed by atoms with van der Waals surface area (Å²) in [6.07, 6.45) is -0.212. The zero-order chi connectivity index (χ0) is 15.0. The third-order valence-electron chi connectivity index (χ3n) is 2.50. The number of carbonyl (C=O) groups is 1. The molecule has 5 nitrogen and oxygen atoms in total. The van der Waals surface area contributed by atoms with Gasteiger partial charge in [-0.15, -0.1) is 0 Å². The third kappa shape index (κ3) is 7.25. The summed E-state index contributed by atoms with van der Waals surface area (Å²) in [5.74, 6) is 0.794. The number of nitrogens with one attached hydrogen (secondary N) is 1. The van der Waals surface area contributed by atoms with E-state index >= 15 is 0 Å². The minimum Gasteiger partial charge on any atom is -0.508 e. The molecule has 20 heavy (non-hydrogen) atoms. The summed E-state index contributed by atoms with van der Waals surface area (Å²) in [4.78, 5) is 11.5. The van der Waals surface area contributed by atoms with Crippen molar-refractivity contribution in [3.63, 3.8) is 0 Å². The number of carboxylic acid groups (broad SMARTS) is 1. The second-order valence-corrected chi connectivity index (χ2v) is 6.12. The van der Waals surface area contributed by atoms with Gasteiger partial charge in [0, 0.05) is 24.5 Å². The molecular weight excluding hydrogens is 276 g/mol. The first-order valence-electron chi connectivity index (χ1n) is 6.66. The van der Waals surface area contributed by atoms with Gasteiger partial charge in [0.1, 0.15) is 5.75 Å². The van der Waals surface area contributed by atoms with E-state index in [9.17, 15) is 9.90 Å². The number of rotatable bonds is 8. The number of hydrogen-bond acceptors (Lipinski definition) is 4. The molecule has 0 aliphatic rings. The Bertz CT molecular complexity index is 409. The SMILES string of the molecule is CC(C)CN(CCCNC(=O)O)Sc1ccc(O)cc1. The number of amides is 1. The maximum atomic E-state index is 10.4. The Morgan fingerprint density at radius 2 is 2.00 bits per heavy atom. The van der Waals surface area contributed by atoms with Crippen LogP contribution in [-0.4, -0.2) is 40.2 Å². The zero-order valence-electron chi connectivity index (χ0n) is 11.9. The molecule has 3 N–H and O–H groups in total. The van der Waals surface area contributed by atoms with Gasteiger partial charge in [-0.05, 0) is 48.6 Å². The van der Waals surface area contributed by atoms with Crippen molar-refractivity contribution in [2.45, 2.75) is 25.2 Å². The van der Waals surface area contributed by atoms with Crippen molar-refractivity contribution in [3.05, 3.63) is 24.3 Å². The minimum absolute atomic E-state index is 0.260. The number of nitrogens with zero attached hydrogens (tertiary/aromatic N) is 1. The van der Waals surface area contributed by atoms with Crippen LogP contribution in [0.4, 0.5) is 4.79 Å². The first kappa shape index (κ1) is 16.7. The Balaban J connectivity index is 2.46. The lowest BCUT2D eigenvalue weighted by molar-refractivity contribution is 0.194. The molecule has 0 spiro atoms. The summed E-state index contributed by atoms with van der Waals surface area (Å²) in [6.45, 7) is 6.50. The fraction of sp³-hybridized carbons (Fsp3) is 0.500. The molecule has 0 saturated heterocycles. The average Bonchev–Trinajstić information content (AvgIpc) is 2.36. The normalized spacial score (nSPS) is 11.0. The van der Waals surface area contributed by atoms with Crippen molar-refractivity contribution >= 4 is 18.0 Å². The second-order valence-electron chi connectivity index (χ2n) is 4.95. The molecule has 6 heteroatoms. The van der Waals surface area contributed by atoms with Crippen LogP contribution in [0, 0.1) is 5.92 Å². The maximum Gasteiger partial charge on any atom is 0.404 e. The van der Waals surface area contributed by atoms with Gasteiger partial charge in [0.2, 0.25) is 0 Å². The fourth-order valence-corrected chi connectivity index (χ4v) is 2.84. The van der Waals surface area contributed by atoms with Crippen molar-refractivity contribution in [1.82, 2.24) is 9.62 Å². The minimum atomic E-state index is -0.980. The summed E-state index contributed by atoms with van der Waals surface area (Å²) in [6, 6.07) is 7.09. The van der Waals surface area contributed by atoms with E-state index < -0.39 is 6.09 Å². The zero-order valence-corrected chi connectivity index (χ0v) is 12.7. The van der Waals surface area contributed by atoms with Crippen molar-refractivity contribution in [2.75, 3.05) is 19.6 Å². The molecule has 1 amide bonds. The highest BCUT2D eigenvalue weighted by atomic mass is 32.2. The molecule has 0 bridgehead atoms. The Morgan fingerprint density at radius 3 is 2.55 bits per heavy atom. The lowest BCUT2D eigenvalue weighted by Crippen LogP contribution is -2.27. The van der Waals surface area contributed by atoms with Crippen LogP contribution in [0.25, 0.3) is 0 Å². The van der Waals surface area contributed by atoms with Crippen LogP contribution in [0.15, 0.2) is 29.2 Å². The molecule has 0 atom stereocenters. The van der Waals surface area contributed by atoms with Crippen LogP contribution in [0.1, 0.15) is 20.3 Å². The van der Waals surface area contributed by atoms with Crippen LogP contribution in [-0.2, 0) is 0 Å². The van der Waals surface area contributed by atoms with Crippen LogP contribution < -0.4 is 5.32 Å². The highest BCUT2D eigenvalue weighted by Gasteiger charge is 2.09. The number of phenols is 1. The predicted octanol–water partition coefficient (Wildman–Crippen LogP) is 3.02. The third-order valence-corrected chi connectivity index (χ3v) is 3.57. The molecule has 0 aliphatic carbocycles. The molecule has 0 aliphatic heterocycles. The molecule has 0 unspecified atom stereocenters. The first-order chi connectivity index (χ1) is 9.47. The topological polar surface area (TPSA) is 72.8 Å². The van der Waals surface area contributed by atoms with Gasteiger partial charge in [-0.25, -0.2) is 9.10 Å². The summed E-state index contributed by atoms with van der Waals surface area (Å²) in [5.41, 5.74) is 0. The van der Waals surface area contributed by atoms with Gasteiger partial charge < -0.3 is 15.5 Å². The van der Waals surface area contributed by atoms with Gasteiger partial charge in [-0.2, -0.15) is 0 Å². The second kappa shape index (κ2) is 8.71. The van der Waals surface area contributed by atoms with E-state index in [2.05, 4.69) is 23.5 Å². The van der Waals surface area contributed by atoms with Gasteiger partial charge in [0.05, 0.1) is 0 Å². The van der Waals surface area contributed by atoms with E-state index in [0.29, 0.717) is 12.5 Å². The summed E-state index contributed by atoms with van der Waals surface area (Å²) in [5, 5.41) is 20.2. The van der Waals surface area contributed by atoms with E-state index in [1.54, 1.807) is 24.1 Å². The molecule has 1 rings (SSSR count). The van der Waals surface area contributed by atoms with Crippen molar-refractivity contribution in [1.29, 1.82) is 0 Å². The van der Waals surface area contributed by atoms with Crippen molar-refractivity contribution < 1.29 is 15.0 Å². The summed E-state index contributed by atoms with van der Waals surface area (Å²) < 4.78 is 2.22. The monoisotopic (exact) mass is 298 g/mol. The highest BCUT2D eigenvalue weighted by Crippen LogP contribution is 2.25. The van der Waals surface area contributed by atoms with Crippen LogP contribution in [0.3, 0.4) is 0 Å². The molecule has 0 heterocycles. The Labute approximate surface area is 124 Å². The molecule has 0 saturated carbocycles. The van der Waals surface area contributed by atoms with Gasteiger partial charge >= 0.3 is 6.09 Å². The average molecular weight is 298 g/mol. The van der Waals surface area contributed by atoms with Gasteiger partial charge in [0.15, 0.2) is 0 Å². The van der Waals surface area contributed by atoms with Gasteiger partial charge in [-0.3, -0.25) is 0 Å². The predicted molar refractivity (Wildman–Crippen MR) is 81.0 cm³/mol. The molecule has 0 radical (unpaired) electrons. The van der Waals surface area contributed by atoms with Crippen molar-refractivity contribution in [3.8, 4) is 5.75 Å². The molecule has 1 aromatic rings. The molecule has 112 valence electrons. The summed E-state index contributed by atoms with van der Waals surface area (Å²) in [7, 11) is 0. The van der Waals surface area contributed by atoms with E-state index in [-0.39, 0.29) is 5.75 Å². The molecule has 0 fully saturated rings. The fourth-order valence-electron chi connectivity index (χ4n) is 1.69. The lowest BCUT2D eigenvalue weighted by Gasteiger charge is -2.23. The number of aromatic hydroxyl groups is 1. The van der Waals surface area contributed by atoms with Crippen LogP contribution >= 0.6 is 11.9 Å². The van der Waals surface area contributed by atoms with Gasteiger partial charge in [-0.1, -0.05) is 13.8 Å². The highest BCUT2D eigenvalue weighted by molar-refractivity contribution is 7.97. The van der Waals surface area contributed by atoms with E-state index in [0.717, 1.165) is 24.4 Å². The van der Waals surface area contributed by atoms with Crippen LogP contribution in [0.2, 0.25) is 0 Å². The van der Waals surface area contributed by atoms with E-state index in [1.807, 2.05) is 12.1 Å².